The van der Waals surface area contributed by atoms with Crippen LogP contribution in [0.5, 0.6) is 0 Å². The minimum Gasteiger partial charge on any atom is -0.339 e. The molecule has 0 unspecified atom stereocenters. The van der Waals surface area contributed by atoms with Gasteiger partial charge in [0.25, 0.3) is 5.91 Å². The van der Waals surface area contributed by atoms with Crippen LogP contribution in [0.15, 0.2) is 53.1 Å². The van der Waals surface area contributed by atoms with Crippen molar-refractivity contribution in [3.8, 4) is 11.4 Å². The number of likely N-dealkylation sites (tertiary alicyclic amines) is 1. The van der Waals surface area contributed by atoms with Crippen molar-refractivity contribution in [2.75, 3.05) is 13.1 Å². The number of hydrogen-bond donors (Lipinski definition) is 0. The number of carbonyl (C=O) groups excluding carboxylic acids is 1. The summed E-state index contributed by atoms with van der Waals surface area (Å²) < 4.78 is 19.3. The molecule has 0 atom stereocenters. The fourth-order valence-corrected chi connectivity index (χ4v) is 3.47. The predicted molar refractivity (Wildman–Crippen MR) is 98.7 cm³/mol. The van der Waals surface area contributed by atoms with Crippen LogP contribution in [0.4, 0.5) is 4.39 Å². The monoisotopic (exact) mass is 365 g/mol. The van der Waals surface area contributed by atoms with Crippen molar-refractivity contribution in [2.24, 2.45) is 0 Å². The molecule has 0 bridgehead atoms. The Bertz CT molecular complexity index is 961. The minimum atomic E-state index is -0.482. The Balaban J connectivity index is 1.44. The molecule has 5 nitrogen and oxygen atoms in total. The lowest BCUT2D eigenvalue weighted by molar-refractivity contribution is 0.0700. The molecule has 27 heavy (non-hydrogen) atoms. The van der Waals surface area contributed by atoms with Crippen LogP contribution in [-0.2, 0) is 0 Å². The number of aryl methyl sites for hydroxylation is 1. The Hall–Kier alpha value is -3.02. The molecular weight excluding hydrogens is 345 g/mol. The molecule has 1 aliphatic rings. The Labute approximate surface area is 156 Å². The molecule has 3 aromatic rings. The standard InChI is InChI=1S/C21H20FN3O2/c1-14-6-2-3-7-16(14)19-23-20(27-24-19)15-10-12-25(13-11-15)21(26)17-8-4-5-9-18(17)22/h2-9,15H,10-13H2,1H3. The van der Waals surface area contributed by atoms with Crippen LogP contribution in [0.2, 0.25) is 0 Å². The molecule has 0 N–H and O–H groups in total. The second-order valence-electron chi connectivity index (χ2n) is 6.82. The molecule has 1 aliphatic heterocycles. The van der Waals surface area contributed by atoms with Gasteiger partial charge in [-0.15, -0.1) is 0 Å². The third kappa shape index (κ3) is 3.47. The highest BCUT2D eigenvalue weighted by atomic mass is 19.1. The quantitative estimate of drug-likeness (QED) is 0.698. The molecule has 138 valence electrons. The highest BCUT2D eigenvalue weighted by Crippen LogP contribution is 2.30. The van der Waals surface area contributed by atoms with Gasteiger partial charge in [-0.25, -0.2) is 4.39 Å². The largest absolute Gasteiger partial charge is 0.339 e. The lowest BCUT2D eigenvalue weighted by Crippen LogP contribution is -2.38. The van der Waals surface area contributed by atoms with Gasteiger partial charge in [0, 0.05) is 24.6 Å². The molecule has 0 aliphatic carbocycles. The van der Waals surface area contributed by atoms with E-state index in [0.29, 0.717) is 24.8 Å². The molecule has 2 aromatic carbocycles. The van der Waals surface area contributed by atoms with Crippen molar-refractivity contribution in [1.29, 1.82) is 0 Å². The van der Waals surface area contributed by atoms with Gasteiger partial charge >= 0.3 is 0 Å². The molecule has 0 saturated carbocycles. The van der Waals surface area contributed by atoms with Crippen LogP contribution in [0.1, 0.15) is 40.6 Å². The summed E-state index contributed by atoms with van der Waals surface area (Å²) in [6, 6.07) is 14.0. The third-order valence-electron chi connectivity index (χ3n) is 5.06. The maximum atomic E-state index is 13.9. The molecule has 1 fully saturated rings. The molecule has 1 aromatic heterocycles. The number of benzene rings is 2. The van der Waals surface area contributed by atoms with Crippen molar-refractivity contribution in [3.05, 3.63) is 71.4 Å². The lowest BCUT2D eigenvalue weighted by atomic mass is 9.96. The van der Waals surface area contributed by atoms with Gasteiger partial charge < -0.3 is 9.42 Å². The summed E-state index contributed by atoms with van der Waals surface area (Å²) in [6.45, 7) is 3.10. The molecule has 1 saturated heterocycles. The van der Waals surface area contributed by atoms with Gasteiger partial charge in [-0.2, -0.15) is 4.98 Å². The molecular formula is C21H20FN3O2. The average molecular weight is 365 g/mol. The summed E-state index contributed by atoms with van der Waals surface area (Å²) in [5.74, 6) is 0.557. The van der Waals surface area contributed by atoms with E-state index in [-0.39, 0.29) is 17.4 Å². The van der Waals surface area contributed by atoms with Crippen molar-refractivity contribution in [3.63, 3.8) is 0 Å². The number of hydrogen-bond acceptors (Lipinski definition) is 4. The van der Waals surface area contributed by atoms with Gasteiger partial charge in [0.15, 0.2) is 0 Å². The van der Waals surface area contributed by atoms with E-state index in [9.17, 15) is 9.18 Å². The molecule has 0 spiro atoms. The first-order valence-electron chi connectivity index (χ1n) is 9.07. The van der Waals surface area contributed by atoms with Gasteiger partial charge in [-0.05, 0) is 37.5 Å². The molecule has 4 rings (SSSR count). The van der Waals surface area contributed by atoms with Crippen LogP contribution >= 0.6 is 0 Å². The van der Waals surface area contributed by atoms with E-state index in [1.54, 1.807) is 17.0 Å². The highest BCUT2D eigenvalue weighted by Gasteiger charge is 2.29. The van der Waals surface area contributed by atoms with Crippen molar-refractivity contribution in [2.45, 2.75) is 25.7 Å². The van der Waals surface area contributed by atoms with E-state index >= 15 is 0 Å². The predicted octanol–water partition coefficient (Wildman–Crippen LogP) is 4.20. The van der Waals surface area contributed by atoms with Crippen molar-refractivity contribution >= 4 is 5.91 Å². The van der Waals surface area contributed by atoms with E-state index in [2.05, 4.69) is 10.1 Å². The summed E-state index contributed by atoms with van der Waals surface area (Å²) in [4.78, 5) is 18.8. The van der Waals surface area contributed by atoms with E-state index in [1.807, 2.05) is 31.2 Å². The number of rotatable bonds is 3. The highest BCUT2D eigenvalue weighted by molar-refractivity contribution is 5.94. The summed E-state index contributed by atoms with van der Waals surface area (Å²) in [7, 11) is 0. The lowest BCUT2D eigenvalue weighted by Gasteiger charge is -2.30. The van der Waals surface area contributed by atoms with Gasteiger partial charge in [0.1, 0.15) is 5.82 Å². The SMILES string of the molecule is Cc1ccccc1-c1noc(C2CCN(C(=O)c3ccccc3F)CC2)n1. The van der Waals surface area contributed by atoms with E-state index < -0.39 is 5.82 Å². The topological polar surface area (TPSA) is 59.2 Å². The maximum absolute atomic E-state index is 13.9. The number of aromatic nitrogens is 2. The Morgan fingerprint density at radius 1 is 1.11 bits per heavy atom. The molecule has 6 heteroatoms. The van der Waals surface area contributed by atoms with E-state index in [1.165, 1.54) is 12.1 Å². The fourth-order valence-electron chi connectivity index (χ4n) is 3.47. The molecule has 0 radical (unpaired) electrons. The summed E-state index contributed by atoms with van der Waals surface area (Å²) in [5, 5.41) is 4.12. The molecule has 1 amide bonds. The summed E-state index contributed by atoms with van der Waals surface area (Å²) in [5.41, 5.74) is 2.17. The van der Waals surface area contributed by atoms with Gasteiger partial charge in [-0.1, -0.05) is 41.6 Å². The summed E-state index contributed by atoms with van der Waals surface area (Å²) in [6.07, 6.45) is 1.44. The Morgan fingerprint density at radius 3 is 2.56 bits per heavy atom. The first kappa shape index (κ1) is 17.4. The Kier molecular flexibility index (Phi) is 4.71. The zero-order valence-corrected chi connectivity index (χ0v) is 15.1. The first-order valence-corrected chi connectivity index (χ1v) is 9.07. The maximum Gasteiger partial charge on any atom is 0.256 e. The van der Waals surface area contributed by atoms with Crippen molar-refractivity contribution < 1.29 is 13.7 Å². The zero-order chi connectivity index (χ0) is 18.8. The number of halogens is 1. The smallest absolute Gasteiger partial charge is 0.256 e. The fraction of sp³-hybridized carbons (Fsp3) is 0.286. The summed E-state index contributed by atoms with van der Waals surface area (Å²) >= 11 is 0. The van der Waals surface area contributed by atoms with Crippen LogP contribution in [0.25, 0.3) is 11.4 Å². The second-order valence-corrected chi connectivity index (χ2v) is 6.82. The third-order valence-corrected chi connectivity index (χ3v) is 5.06. The number of carbonyl (C=O) groups is 1. The van der Waals surface area contributed by atoms with Crippen LogP contribution in [0, 0.1) is 12.7 Å². The van der Waals surface area contributed by atoms with Crippen LogP contribution in [0.3, 0.4) is 0 Å². The number of amides is 1. The minimum absolute atomic E-state index is 0.111. The van der Waals surface area contributed by atoms with Crippen molar-refractivity contribution in [1.82, 2.24) is 15.0 Å². The second kappa shape index (κ2) is 7.31. The average Bonchev–Trinajstić information content (AvgIpc) is 3.18. The molecule has 2 heterocycles. The Morgan fingerprint density at radius 2 is 1.81 bits per heavy atom. The van der Waals surface area contributed by atoms with Gasteiger partial charge in [0.05, 0.1) is 5.56 Å². The first-order chi connectivity index (χ1) is 13.1. The number of nitrogens with zero attached hydrogens (tertiary/aromatic N) is 3. The van der Waals surface area contributed by atoms with E-state index in [4.69, 9.17) is 4.52 Å². The van der Waals surface area contributed by atoms with Gasteiger partial charge in [-0.3, -0.25) is 4.79 Å². The zero-order valence-electron chi connectivity index (χ0n) is 15.1. The van der Waals surface area contributed by atoms with E-state index in [0.717, 1.165) is 24.0 Å². The van der Waals surface area contributed by atoms with Crippen LogP contribution < -0.4 is 0 Å². The number of piperidine rings is 1. The van der Waals surface area contributed by atoms with Gasteiger partial charge in [0.2, 0.25) is 11.7 Å². The van der Waals surface area contributed by atoms with Crippen LogP contribution in [-0.4, -0.2) is 34.0 Å². The normalized spacial score (nSPS) is 15.1.